The molecule has 1 aromatic heterocycles. The molecule has 0 atom stereocenters. The average molecular weight is 475 g/mol. The molecule has 0 aliphatic carbocycles. The Hall–Kier alpha value is -3.33. The van der Waals surface area contributed by atoms with Crippen molar-refractivity contribution in [3.05, 3.63) is 59.7 Å². The highest BCUT2D eigenvalue weighted by Crippen LogP contribution is 2.29. The number of carbonyl (C=O) groups excluding carboxylic acids is 1. The molecular weight excluding hydrogens is 445 g/mol. The number of benzene rings is 2. The maximum absolute atomic E-state index is 12.6. The summed E-state index contributed by atoms with van der Waals surface area (Å²) in [6.45, 7) is 8.16. The van der Waals surface area contributed by atoms with Crippen molar-refractivity contribution in [1.82, 2.24) is 9.88 Å². The molecule has 0 radical (unpaired) electrons. The number of aromatic nitrogens is 1. The predicted molar refractivity (Wildman–Crippen MR) is 129 cm³/mol. The number of halogens is 3. The summed E-state index contributed by atoms with van der Waals surface area (Å²) in [6.07, 6.45) is -0.678. The number of amides is 1. The Bertz CT molecular complexity index is 1120. The van der Waals surface area contributed by atoms with Crippen molar-refractivity contribution >= 4 is 34.8 Å². The van der Waals surface area contributed by atoms with E-state index in [1.54, 1.807) is 18.2 Å². The summed E-state index contributed by atoms with van der Waals surface area (Å²) in [7, 11) is 1.93. The van der Waals surface area contributed by atoms with E-state index >= 15 is 0 Å². The third kappa shape index (κ3) is 6.84. The fourth-order valence-corrected chi connectivity index (χ4v) is 3.46. The van der Waals surface area contributed by atoms with Gasteiger partial charge >= 0.3 is 6.18 Å². The summed E-state index contributed by atoms with van der Waals surface area (Å²) in [6, 6.07) is 10.3. The van der Waals surface area contributed by atoms with Crippen LogP contribution in [0.15, 0.2) is 53.0 Å². The Morgan fingerprint density at radius 1 is 1.09 bits per heavy atom. The fraction of sp³-hybridized carbons (Fsp3) is 0.360. The van der Waals surface area contributed by atoms with Crippen LogP contribution in [0.25, 0.3) is 17.2 Å². The highest BCUT2D eigenvalue weighted by Gasteiger charge is 2.29. The Morgan fingerprint density at radius 2 is 1.79 bits per heavy atom. The molecule has 182 valence electrons. The fourth-order valence-electron chi connectivity index (χ4n) is 3.46. The number of carbonyl (C=O) groups is 1. The Labute approximate surface area is 197 Å². The van der Waals surface area contributed by atoms with E-state index in [2.05, 4.69) is 29.0 Å². The molecule has 0 aliphatic heterocycles. The summed E-state index contributed by atoms with van der Waals surface area (Å²) in [5, 5.41) is 2.73. The van der Waals surface area contributed by atoms with E-state index in [-0.39, 0.29) is 0 Å². The van der Waals surface area contributed by atoms with E-state index in [9.17, 15) is 18.0 Å². The summed E-state index contributed by atoms with van der Waals surface area (Å²) in [4.78, 5) is 21.1. The third-order valence-corrected chi connectivity index (χ3v) is 5.50. The summed E-state index contributed by atoms with van der Waals surface area (Å²) in [5.41, 5.74) is 1.53. The first-order valence-electron chi connectivity index (χ1n) is 11.2. The Kier molecular flexibility index (Phi) is 8.33. The molecule has 0 bridgehead atoms. The highest BCUT2D eigenvalue weighted by molar-refractivity contribution is 6.02. The molecule has 3 rings (SSSR count). The van der Waals surface area contributed by atoms with E-state index in [4.69, 9.17) is 4.42 Å². The van der Waals surface area contributed by atoms with Gasteiger partial charge in [0.1, 0.15) is 5.52 Å². The van der Waals surface area contributed by atoms with Gasteiger partial charge in [-0.05, 0) is 68.0 Å². The number of nitrogens with zero attached hydrogens (tertiary/aromatic N) is 3. The van der Waals surface area contributed by atoms with E-state index in [0.717, 1.165) is 44.7 Å². The van der Waals surface area contributed by atoms with Crippen molar-refractivity contribution in [3.63, 3.8) is 0 Å². The van der Waals surface area contributed by atoms with Crippen LogP contribution in [0.4, 0.5) is 24.9 Å². The second kappa shape index (κ2) is 11.2. The van der Waals surface area contributed by atoms with E-state index in [0.29, 0.717) is 28.4 Å². The lowest BCUT2D eigenvalue weighted by Gasteiger charge is -2.20. The molecule has 3 aromatic rings. The zero-order chi connectivity index (χ0) is 24.7. The number of nitrogens with one attached hydrogen (secondary N) is 1. The van der Waals surface area contributed by atoms with Crippen LogP contribution >= 0.6 is 0 Å². The third-order valence-electron chi connectivity index (χ3n) is 5.50. The number of oxazole rings is 1. The number of anilines is 2. The van der Waals surface area contributed by atoms with Gasteiger partial charge in [0.05, 0.1) is 5.56 Å². The Balaban J connectivity index is 1.59. The van der Waals surface area contributed by atoms with E-state index in [1.807, 2.05) is 11.9 Å². The second-order valence-electron chi connectivity index (χ2n) is 7.92. The quantitative estimate of drug-likeness (QED) is 0.384. The van der Waals surface area contributed by atoms with Crippen LogP contribution in [0.5, 0.6) is 0 Å². The van der Waals surface area contributed by atoms with Crippen LogP contribution in [0.2, 0.25) is 0 Å². The van der Waals surface area contributed by atoms with Crippen molar-refractivity contribution in [3.8, 4) is 0 Å². The number of hydrogen-bond acceptors (Lipinski definition) is 5. The predicted octanol–water partition coefficient (Wildman–Crippen LogP) is 5.67. The summed E-state index contributed by atoms with van der Waals surface area (Å²) < 4.78 is 43.8. The molecule has 9 heteroatoms. The van der Waals surface area contributed by atoms with E-state index < -0.39 is 17.6 Å². The lowest BCUT2D eigenvalue weighted by atomic mass is 10.1. The topological polar surface area (TPSA) is 61.6 Å². The van der Waals surface area contributed by atoms with Crippen molar-refractivity contribution < 1.29 is 22.4 Å². The van der Waals surface area contributed by atoms with Crippen molar-refractivity contribution in [2.75, 3.05) is 43.4 Å². The van der Waals surface area contributed by atoms with Crippen molar-refractivity contribution in [1.29, 1.82) is 0 Å². The van der Waals surface area contributed by atoms with Gasteiger partial charge in [0.25, 0.3) is 6.01 Å². The second-order valence-corrected chi connectivity index (χ2v) is 7.92. The summed E-state index contributed by atoms with van der Waals surface area (Å²) >= 11 is 0. The zero-order valence-electron chi connectivity index (χ0n) is 19.5. The molecule has 1 heterocycles. The van der Waals surface area contributed by atoms with Crippen LogP contribution in [-0.4, -0.2) is 49.0 Å². The monoisotopic (exact) mass is 474 g/mol. The molecule has 1 N–H and O–H groups in total. The first-order chi connectivity index (χ1) is 16.2. The molecule has 0 unspecified atom stereocenters. The van der Waals surface area contributed by atoms with Crippen LogP contribution in [0.1, 0.15) is 31.4 Å². The van der Waals surface area contributed by atoms with Gasteiger partial charge in [-0.25, -0.2) is 0 Å². The zero-order valence-corrected chi connectivity index (χ0v) is 19.5. The van der Waals surface area contributed by atoms with E-state index in [1.165, 1.54) is 24.3 Å². The average Bonchev–Trinajstić information content (AvgIpc) is 3.24. The summed E-state index contributed by atoms with van der Waals surface area (Å²) in [5.74, 6) is -0.406. The first kappa shape index (κ1) is 25.3. The molecular formula is C25H29F3N4O2. The number of rotatable bonds is 10. The van der Waals surface area contributed by atoms with Gasteiger partial charge in [0.2, 0.25) is 5.91 Å². The maximum Gasteiger partial charge on any atom is 0.416 e. The van der Waals surface area contributed by atoms with Gasteiger partial charge in [-0.2, -0.15) is 18.2 Å². The normalized spacial score (nSPS) is 12.1. The van der Waals surface area contributed by atoms with Gasteiger partial charge in [0.15, 0.2) is 5.58 Å². The van der Waals surface area contributed by atoms with Gasteiger partial charge < -0.3 is 19.5 Å². The molecule has 6 nitrogen and oxygen atoms in total. The maximum atomic E-state index is 12.6. The molecule has 1 amide bonds. The smallest absolute Gasteiger partial charge is 0.416 e. The lowest BCUT2D eigenvalue weighted by molar-refractivity contribution is -0.137. The van der Waals surface area contributed by atoms with Crippen molar-refractivity contribution in [2.24, 2.45) is 0 Å². The minimum absolute atomic E-state index is 0.406. The van der Waals surface area contributed by atoms with Crippen LogP contribution in [0.3, 0.4) is 0 Å². The lowest BCUT2D eigenvalue weighted by Crippen LogP contribution is -2.28. The van der Waals surface area contributed by atoms with Gasteiger partial charge in [-0.1, -0.05) is 26.0 Å². The van der Waals surface area contributed by atoms with Crippen LogP contribution < -0.4 is 10.2 Å². The first-order valence-corrected chi connectivity index (χ1v) is 11.2. The van der Waals surface area contributed by atoms with Crippen molar-refractivity contribution in [2.45, 2.75) is 26.4 Å². The van der Waals surface area contributed by atoms with Gasteiger partial charge in [-0.15, -0.1) is 0 Å². The molecule has 0 aliphatic rings. The van der Waals surface area contributed by atoms with Crippen LogP contribution in [-0.2, 0) is 11.0 Å². The molecule has 0 saturated heterocycles. The minimum atomic E-state index is -4.39. The SMILES string of the molecule is CCN(CC)CCCN(C)c1nc2cc(NC(=O)C=Cc3ccc(C(F)(F)F)cc3)ccc2o1. The molecule has 0 spiro atoms. The number of fused-ring (bicyclic) bond motifs is 1. The molecule has 0 saturated carbocycles. The molecule has 34 heavy (non-hydrogen) atoms. The van der Waals surface area contributed by atoms with Gasteiger partial charge in [-0.3, -0.25) is 4.79 Å². The highest BCUT2D eigenvalue weighted by atomic mass is 19.4. The Morgan fingerprint density at radius 3 is 2.44 bits per heavy atom. The molecule has 0 fully saturated rings. The number of alkyl halides is 3. The van der Waals surface area contributed by atoms with Gasteiger partial charge in [0, 0.05) is 25.4 Å². The van der Waals surface area contributed by atoms with Crippen LogP contribution in [0, 0.1) is 0 Å². The number of hydrogen-bond donors (Lipinski definition) is 1. The molecule has 2 aromatic carbocycles. The largest absolute Gasteiger partial charge is 0.423 e. The minimum Gasteiger partial charge on any atom is -0.423 e. The standard InChI is InChI=1S/C25H29F3N4O2/c1-4-32(5-2)16-6-15-31(3)24-30-21-17-20(12-13-22(21)34-24)29-23(33)14-9-18-7-10-19(11-8-18)25(26,27)28/h7-14,17H,4-6,15-16H2,1-3H3,(H,29,33).